The average molecular weight is 418 g/mol. The normalized spacial score (nSPS) is 16.9. The third-order valence-electron chi connectivity index (χ3n) is 4.55. The van der Waals surface area contributed by atoms with Crippen molar-refractivity contribution < 1.29 is 4.79 Å². The number of alkyl halides is 1. The van der Waals surface area contributed by atoms with Gasteiger partial charge in [-0.1, -0.05) is 53.5 Å². The molecule has 0 aromatic heterocycles. The molecule has 0 spiro atoms. The van der Waals surface area contributed by atoms with E-state index < -0.39 is 0 Å². The number of anilines is 1. The molecule has 4 rings (SSSR count). The van der Waals surface area contributed by atoms with Gasteiger partial charge in [-0.15, -0.1) is 11.6 Å². The van der Waals surface area contributed by atoms with E-state index in [0.717, 1.165) is 27.9 Å². The number of rotatable bonds is 3. The maximum absolute atomic E-state index is 12.1. The number of hydrogen-bond acceptors (Lipinski definition) is 1. The van der Waals surface area contributed by atoms with Crippen LogP contribution in [0.2, 0.25) is 10.0 Å². The van der Waals surface area contributed by atoms with Gasteiger partial charge in [0.05, 0.1) is 11.4 Å². The molecule has 0 saturated heterocycles. The molecule has 2 atom stereocenters. The largest absolute Gasteiger partial charge is 0.327 e. The summed E-state index contributed by atoms with van der Waals surface area (Å²) in [7, 11) is 0. The summed E-state index contributed by atoms with van der Waals surface area (Å²) in [6.07, 6.45) is 0. The van der Waals surface area contributed by atoms with Gasteiger partial charge in [-0.25, -0.2) is 4.79 Å². The van der Waals surface area contributed by atoms with E-state index in [1.807, 2.05) is 60.7 Å². The lowest BCUT2D eigenvalue weighted by molar-refractivity contribution is 0.249. The lowest BCUT2D eigenvalue weighted by Gasteiger charge is -2.29. The number of urea groups is 1. The Morgan fingerprint density at radius 1 is 0.852 bits per heavy atom. The Morgan fingerprint density at radius 3 is 2.33 bits per heavy atom. The van der Waals surface area contributed by atoms with Crippen LogP contribution in [0, 0.1) is 0 Å². The van der Waals surface area contributed by atoms with Gasteiger partial charge >= 0.3 is 6.03 Å². The molecule has 2 amide bonds. The highest BCUT2D eigenvalue weighted by molar-refractivity contribution is 6.31. The number of hydrogen-bond donors (Lipinski definition) is 2. The van der Waals surface area contributed by atoms with Crippen LogP contribution in [0.15, 0.2) is 66.7 Å². The molecule has 6 heteroatoms. The van der Waals surface area contributed by atoms with Crippen LogP contribution in [0.3, 0.4) is 0 Å². The zero-order chi connectivity index (χ0) is 19.0. The van der Waals surface area contributed by atoms with Crippen molar-refractivity contribution in [3.63, 3.8) is 0 Å². The first kappa shape index (κ1) is 18.2. The van der Waals surface area contributed by atoms with E-state index in [0.29, 0.717) is 10.0 Å². The van der Waals surface area contributed by atoms with Crippen LogP contribution in [0.4, 0.5) is 10.5 Å². The SMILES string of the molecule is O=C1Nc2ccc(C(Cl)c3ccc(Cl)cc3)cc2C(c2cccc(Cl)c2)N1. The van der Waals surface area contributed by atoms with Gasteiger partial charge in [0.15, 0.2) is 0 Å². The van der Waals surface area contributed by atoms with Crippen LogP contribution in [-0.4, -0.2) is 6.03 Å². The second kappa shape index (κ2) is 7.43. The number of nitrogens with one attached hydrogen (secondary N) is 2. The van der Waals surface area contributed by atoms with Crippen molar-refractivity contribution in [2.24, 2.45) is 0 Å². The molecule has 0 bridgehead atoms. The Balaban J connectivity index is 1.75. The molecule has 2 N–H and O–H groups in total. The van der Waals surface area contributed by atoms with Crippen molar-refractivity contribution in [3.8, 4) is 0 Å². The van der Waals surface area contributed by atoms with Crippen LogP contribution in [0.5, 0.6) is 0 Å². The molecule has 3 aromatic rings. The quantitative estimate of drug-likeness (QED) is 0.466. The predicted molar refractivity (Wildman–Crippen MR) is 111 cm³/mol. The van der Waals surface area contributed by atoms with Crippen molar-refractivity contribution >= 4 is 46.5 Å². The Labute approximate surface area is 172 Å². The number of halogens is 3. The number of benzene rings is 3. The molecule has 0 saturated carbocycles. The molecule has 0 aliphatic carbocycles. The molecule has 3 nitrogen and oxygen atoms in total. The van der Waals surface area contributed by atoms with Gasteiger partial charge in [0, 0.05) is 21.3 Å². The molecule has 2 unspecified atom stereocenters. The topological polar surface area (TPSA) is 41.1 Å². The van der Waals surface area contributed by atoms with Gasteiger partial charge < -0.3 is 10.6 Å². The third kappa shape index (κ3) is 3.77. The highest BCUT2D eigenvalue weighted by Gasteiger charge is 2.27. The van der Waals surface area contributed by atoms with Gasteiger partial charge in [0.25, 0.3) is 0 Å². The van der Waals surface area contributed by atoms with Crippen LogP contribution in [0.1, 0.15) is 33.7 Å². The van der Waals surface area contributed by atoms with Crippen LogP contribution in [0.25, 0.3) is 0 Å². The minimum Gasteiger partial charge on any atom is -0.327 e. The highest BCUT2D eigenvalue weighted by Crippen LogP contribution is 2.37. The fourth-order valence-electron chi connectivity index (χ4n) is 3.23. The first-order valence-corrected chi connectivity index (χ1v) is 9.57. The molecular weight excluding hydrogens is 403 g/mol. The fourth-order valence-corrected chi connectivity index (χ4v) is 3.84. The van der Waals surface area contributed by atoms with E-state index in [-0.39, 0.29) is 17.5 Å². The lowest BCUT2D eigenvalue weighted by Crippen LogP contribution is -2.38. The lowest BCUT2D eigenvalue weighted by atomic mass is 9.92. The first-order valence-electron chi connectivity index (χ1n) is 8.37. The second-order valence-electron chi connectivity index (χ2n) is 6.35. The van der Waals surface area contributed by atoms with E-state index in [9.17, 15) is 4.79 Å². The number of fused-ring (bicyclic) bond motifs is 1. The molecule has 136 valence electrons. The van der Waals surface area contributed by atoms with E-state index in [1.54, 1.807) is 6.07 Å². The van der Waals surface area contributed by atoms with Crippen molar-refractivity contribution in [1.82, 2.24) is 5.32 Å². The summed E-state index contributed by atoms with van der Waals surface area (Å²) in [4.78, 5) is 12.1. The Hall–Kier alpha value is -2.20. The molecule has 1 aliphatic rings. The second-order valence-corrected chi connectivity index (χ2v) is 7.66. The van der Waals surface area contributed by atoms with Crippen molar-refractivity contribution in [1.29, 1.82) is 0 Å². The summed E-state index contributed by atoms with van der Waals surface area (Å²) < 4.78 is 0. The van der Waals surface area contributed by atoms with Gasteiger partial charge in [-0.3, -0.25) is 0 Å². The zero-order valence-electron chi connectivity index (χ0n) is 14.0. The highest BCUT2D eigenvalue weighted by atomic mass is 35.5. The summed E-state index contributed by atoms with van der Waals surface area (Å²) in [5.41, 5.74) is 4.49. The molecule has 3 aromatic carbocycles. The molecule has 0 radical (unpaired) electrons. The maximum Gasteiger partial charge on any atom is 0.320 e. The van der Waals surface area contributed by atoms with Crippen molar-refractivity contribution in [2.45, 2.75) is 11.4 Å². The summed E-state index contributed by atoms with van der Waals surface area (Å²) in [5.74, 6) is 0. The third-order valence-corrected chi connectivity index (χ3v) is 5.54. The first-order chi connectivity index (χ1) is 13.0. The summed E-state index contributed by atoms with van der Waals surface area (Å²) >= 11 is 18.8. The van der Waals surface area contributed by atoms with Crippen LogP contribution >= 0.6 is 34.8 Å². The minimum atomic E-state index is -0.329. The van der Waals surface area contributed by atoms with E-state index in [4.69, 9.17) is 34.8 Å². The van der Waals surface area contributed by atoms with Crippen molar-refractivity contribution in [3.05, 3.63) is 99.0 Å². The van der Waals surface area contributed by atoms with E-state index in [2.05, 4.69) is 10.6 Å². The summed E-state index contributed by atoms with van der Waals surface area (Å²) in [6.45, 7) is 0. The number of carbonyl (C=O) groups excluding carboxylic acids is 1. The molecule has 1 heterocycles. The monoisotopic (exact) mass is 416 g/mol. The smallest absolute Gasteiger partial charge is 0.320 e. The Morgan fingerprint density at radius 2 is 1.59 bits per heavy atom. The van der Waals surface area contributed by atoms with Crippen molar-refractivity contribution in [2.75, 3.05) is 5.32 Å². The van der Waals surface area contributed by atoms with Gasteiger partial charge in [-0.2, -0.15) is 0 Å². The number of amides is 2. The van der Waals surface area contributed by atoms with Crippen LogP contribution < -0.4 is 10.6 Å². The molecule has 1 aliphatic heterocycles. The predicted octanol–water partition coefficient (Wildman–Crippen LogP) is 6.55. The Kier molecular flexibility index (Phi) is 5.00. The van der Waals surface area contributed by atoms with Gasteiger partial charge in [0.1, 0.15) is 0 Å². The fraction of sp³-hybridized carbons (Fsp3) is 0.0952. The standard InChI is InChI=1S/C21H15Cl3N2O/c22-15-7-4-12(5-8-15)19(24)13-6-9-18-17(11-13)20(26-21(27)25-18)14-2-1-3-16(23)10-14/h1-11,19-20H,(H2,25,26,27). The molecular formula is C21H15Cl3N2O. The minimum absolute atomic E-state index is 0.250. The maximum atomic E-state index is 12.1. The van der Waals surface area contributed by atoms with Gasteiger partial charge in [-0.05, 0) is 53.1 Å². The summed E-state index contributed by atoms with van der Waals surface area (Å²) in [6, 6.07) is 20.2. The Bertz CT molecular complexity index is 1000. The van der Waals surface area contributed by atoms with Gasteiger partial charge in [0.2, 0.25) is 0 Å². The average Bonchev–Trinajstić information content (AvgIpc) is 2.67. The molecule has 0 fully saturated rings. The van der Waals surface area contributed by atoms with E-state index in [1.165, 1.54) is 0 Å². The number of carbonyl (C=O) groups is 1. The van der Waals surface area contributed by atoms with Crippen LogP contribution in [-0.2, 0) is 0 Å². The molecule has 27 heavy (non-hydrogen) atoms. The van der Waals surface area contributed by atoms with E-state index >= 15 is 0 Å². The summed E-state index contributed by atoms with van der Waals surface area (Å²) in [5, 5.41) is 6.76. The zero-order valence-corrected chi connectivity index (χ0v) is 16.3.